The van der Waals surface area contributed by atoms with Gasteiger partial charge in [-0.25, -0.2) is 4.79 Å². The van der Waals surface area contributed by atoms with E-state index < -0.39 is 0 Å². The molecule has 3 aromatic carbocycles. The lowest BCUT2D eigenvalue weighted by Gasteiger charge is -2.10. The highest BCUT2D eigenvalue weighted by Crippen LogP contribution is 2.25. The van der Waals surface area contributed by atoms with Gasteiger partial charge in [-0.2, -0.15) is 0 Å². The standard InChI is InChI=1S/C23H17Cl2NO2/c1-28-23(27)21-14-19(25)4-3-16(21)12-15-2-9-22-17(13-15)10-11-26(22)20-7-5-18(24)6-8-20/h2-11,13-14H,12H2,1H3. The van der Waals surface area contributed by atoms with E-state index in [1.165, 1.54) is 7.11 Å². The van der Waals surface area contributed by atoms with E-state index in [1.54, 1.807) is 12.1 Å². The van der Waals surface area contributed by atoms with Crippen molar-refractivity contribution in [3.05, 3.63) is 99.7 Å². The number of esters is 1. The molecule has 28 heavy (non-hydrogen) atoms. The minimum atomic E-state index is -0.382. The minimum absolute atomic E-state index is 0.382. The Bertz CT molecular complexity index is 1160. The zero-order valence-corrected chi connectivity index (χ0v) is 16.7. The first-order valence-electron chi connectivity index (χ1n) is 8.78. The molecule has 0 bridgehead atoms. The summed E-state index contributed by atoms with van der Waals surface area (Å²) in [4.78, 5) is 12.1. The van der Waals surface area contributed by atoms with E-state index >= 15 is 0 Å². The smallest absolute Gasteiger partial charge is 0.338 e. The second kappa shape index (κ2) is 7.70. The lowest BCUT2D eigenvalue weighted by molar-refractivity contribution is 0.0599. The van der Waals surface area contributed by atoms with Gasteiger partial charge in [0.05, 0.1) is 18.2 Å². The molecule has 0 spiro atoms. The van der Waals surface area contributed by atoms with Crippen LogP contribution in [0.1, 0.15) is 21.5 Å². The number of carbonyl (C=O) groups excluding carboxylic acids is 1. The number of methoxy groups -OCH3 is 1. The molecule has 0 saturated carbocycles. The number of hydrogen-bond acceptors (Lipinski definition) is 2. The van der Waals surface area contributed by atoms with Gasteiger partial charge >= 0.3 is 5.97 Å². The monoisotopic (exact) mass is 409 g/mol. The molecule has 0 atom stereocenters. The topological polar surface area (TPSA) is 31.2 Å². The Morgan fingerprint density at radius 3 is 2.43 bits per heavy atom. The normalized spacial score (nSPS) is 11.0. The summed E-state index contributed by atoms with van der Waals surface area (Å²) in [5.74, 6) is -0.382. The summed E-state index contributed by atoms with van der Waals surface area (Å²) >= 11 is 12.0. The fourth-order valence-corrected chi connectivity index (χ4v) is 3.65. The molecule has 4 aromatic rings. The van der Waals surface area contributed by atoms with Crippen LogP contribution in [0.4, 0.5) is 0 Å². The molecule has 1 heterocycles. The Balaban J connectivity index is 1.69. The van der Waals surface area contributed by atoms with Crippen LogP contribution in [-0.4, -0.2) is 17.6 Å². The van der Waals surface area contributed by atoms with Crippen LogP contribution >= 0.6 is 23.2 Å². The van der Waals surface area contributed by atoms with E-state index in [9.17, 15) is 4.79 Å². The van der Waals surface area contributed by atoms with Gasteiger partial charge in [0.15, 0.2) is 0 Å². The zero-order chi connectivity index (χ0) is 19.7. The highest BCUT2D eigenvalue weighted by Gasteiger charge is 2.13. The van der Waals surface area contributed by atoms with E-state index in [1.807, 2.05) is 36.5 Å². The van der Waals surface area contributed by atoms with E-state index in [-0.39, 0.29) is 5.97 Å². The van der Waals surface area contributed by atoms with Crippen molar-refractivity contribution in [2.75, 3.05) is 7.11 Å². The quantitative estimate of drug-likeness (QED) is 0.369. The molecule has 4 rings (SSSR count). The summed E-state index contributed by atoms with van der Waals surface area (Å²) in [5.41, 5.74) is 4.64. The minimum Gasteiger partial charge on any atom is -0.465 e. The summed E-state index contributed by atoms with van der Waals surface area (Å²) in [6.45, 7) is 0. The van der Waals surface area contributed by atoms with Crippen molar-refractivity contribution in [3.8, 4) is 5.69 Å². The zero-order valence-electron chi connectivity index (χ0n) is 15.2. The highest BCUT2D eigenvalue weighted by atomic mass is 35.5. The molecular weight excluding hydrogens is 393 g/mol. The first-order chi connectivity index (χ1) is 13.5. The van der Waals surface area contributed by atoms with Crippen LogP contribution in [-0.2, 0) is 11.2 Å². The fourth-order valence-electron chi connectivity index (χ4n) is 3.35. The van der Waals surface area contributed by atoms with Gasteiger partial charge < -0.3 is 9.30 Å². The molecule has 0 saturated heterocycles. The number of nitrogens with zero attached hydrogens (tertiary/aromatic N) is 1. The average molecular weight is 410 g/mol. The van der Waals surface area contributed by atoms with Crippen LogP contribution in [0.25, 0.3) is 16.6 Å². The molecule has 0 aliphatic heterocycles. The van der Waals surface area contributed by atoms with Gasteiger partial charge in [-0.3, -0.25) is 0 Å². The van der Waals surface area contributed by atoms with Crippen molar-refractivity contribution in [2.24, 2.45) is 0 Å². The summed E-state index contributed by atoms with van der Waals surface area (Å²) < 4.78 is 7.01. The van der Waals surface area contributed by atoms with Gasteiger partial charge in [0.25, 0.3) is 0 Å². The van der Waals surface area contributed by atoms with Crippen molar-refractivity contribution >= 4 is 40.1 Å². The van der Waals surface area contributed by atoms with E-state index in [4.69, 9.17) is 27.9 Å². The Labute approximate surface area is 173 Å². The van der Waals surface area contributed by atoms with Crippen LogP contribution in [0, 0.1) is 0 Å². The van der Waals surface area contributed by atoms with Crippen molar-refractivity contribution in [2.45, 2.75) is 6.42 Å². The summed E-state index contributed by atoms with van der Waals surface area (Å²) in [7, 11) is 1.37. The molecule has 0 unspecified atom stereocenters. The average Bonchev–Trinajstić information content (AvgIpc) is 3.12. The number of fused-ring (bicyclic) bond motifs is 1. The first-order valence-corrected chi connectivity index (χ1v) is 9.53. The molecule has 0 fully saturated rings. The number of halogens is 2. The highest BCUT2D eigenvalue weighted by molar-refractivity contribution is 6.31. The Kier molecular flexibility index (Phi) is 5.12. The van der Waals surface area contributed by atoms with Gasteiger partial charge in [-0.1, -0.05) is 35.3 Å². The molecule has 0 N–H and O–H groups in total. The molecule has 1 aromatic heterocycles. The number of hydrogen-bond donors (Lipinski definition) is 0. The summed E-state index contributed by atoms with van der Waals surface area (Å²) in [5, 5.41) is 2.35. The molecule has 140 valence electrons. The molecule has 5 heteroatoms. The maximum Gasteiger partial charge on any atom is 0.338 e. The Morgan fingerprint density at radius 1 is 0.929 bits per heavy atom. The van der Waals surface area contributed by atoms with Crippen LogP contribution in [0.3, 0.4) is 0 Å². The maximum absolute atomic E-state index is 12.1. The molecule has 3 nitrogen and oxygen atoms in total. The number of benzene rings is 3. The summed E-state index contributed by atoms with van der Waals surface area (Å²) in [6.07, 6.45) is 2.66. The molecule has 0 amide bonds. The predicted octanol–water partition coefficient (Wildman–Crippen LogP) is 6.31. The molecule has 0 radical (unpaired) electrons. The molecule has 0 aliphatic rings. The first kappa shape index (κ1) is 18.6. The summed E-state index contributed by atoms with van der Waals surface area (Å²) in [6, 6.07) is 21.4. The van der Waals surface area contributed by atoms with E-state index in [0.717, 1.165) is 27.7 Å². The van der Waals surface area contributed by atoms with Gasteiger partial charge in [-0.05, 0) is 72.1 Å². The largest absolute Gasteiger partial charge is 0.465 e. The number of rotatable bonds is 4. The van der Waals surface area contributed by atoms with Crippen LogP contribution in [0.5, 0.6) is 0 Å². The van der Waals surface area contributed by atoms with Crippen molar-refractivity contribution in [3.63, 3.8) is 0 Å². The second-order valence-corrected chi connectivity index (χ2v) is 7.40. The number of ether oxygens (including phenoxy) is 1. The third kappa shape index (κ3) is 3.64. The fraction of sp³-hybridized carbons (Fsp3) is 0.0870. The van der Waals surface area contributed by atoms with Gasteiger partial charge in [0.1, 0.15) is 0 Å². The SMILES string of the molecule is COC(=O)c1cc(Cl)ccc1Cc1ccc2c(ccn2-c2ccc(Cl)cc2)c1. The lowest BCUT2D eigenvalue weighted by Crippen LogP contribution is -2.06. The third-order valence-corrected chi connectivity index (χ3v) is 5.22. The van der Waals surface area contributed by atoms with Gasteiger partial charge in [-0.15, -0.1) is 0 Å². The van der Waals surface area contributed by atoms with Crippen LogP contribution in [0.2, 0.25) is 10.0 Å². The Morgan fingerprint density at radius 2 is 1.68 bits per heavy atom. The van der Waals surface area contributed by atoms with Crippen LogP contribution < -0.4 is 0 Å². The van der Waals surface area contributed by atoms with Crippen LogP contribution in [0.15, 0.2) is 72.9 Å². The van der Waals surface area contributed by atoms with Crippen molar-refractivity contribution in [1.82, 2.24) is 4.57 Å². The maximum atomic E-state index is 12.1. The van der Waals surface area contributed by atoms with Gasteiger partial charge in [0, 0.05) is 27.3 Å². The Hall–Kier alpha value is -2.75. The predicted molar refractivity (Wildman–Crippen MR) is 114 cm³/mol. The van der Waals surface area contributed by atoms with E-state index in [0.29, 0.717) is 22.0 Å². The number of carbonyl (C=O) groups is 1. The second-order valence-electron chi connectivity index (χ2n) is 6.53. The third-order valence-electron chi connectivity index (χ3n) is 4.73. The molecule has 0 aliphatic carbocycles. The number of aromatic nitrogens is 1. The lowest BCUT2D eigenvalue weighted by atomic mass is 9.99. The van der Waals surface area contributed by atoms with Crippen molar-refractivity contribution in [1.29, 1.82) is 0 Å². The van der Waals surface area contributed by atoms with Crippen molar-refractivity contribution < 1.29 is 9.53 Å². The van der Waals surface area contributed by atoms with Gasteiger partial charge in [0.2, 0.25) is 0 Å². The van der Waals surface area contributed by atoms with E-state index in [2.05, 4.69) is 28.8 Å². The molecular formula is C23H17Cl2NO2.